The van der Waals surface area contributed by atoms with Crippen molar-refractivity contribution in [3.8, 4) is 0 Å². The quantitative estimate of drug-likeness (QED) is 0.695. The Labute approximate surface area is 140 Å². The lowest BCUT2D eigenvalue weighted by Gasteiger charge is -2.32. The van der Waals surface area contributed by atoms with Gasteiger partial charge < -0.3 is 19.4 Å². The molecule has 8 nitrogen and oxygen atoms in total. The Morgan fingerprint density at radius 3 is 2.33 bits per heavy atom. The van der Waals surface area contributed by atoms with E-state index in [-0.39, 0.29) is 17.5 Å². The molecule has 2 aliphatic rings. The van der Waals surface area contributed by atoms with Gasteiger partial charge in [0.2, 0.25) is 6.41 Å². The molecule has 3 amide bonds. The summed E-state index contributed by atoms with van der Waals surface area (Å²) in [7, 11) is 0. The fourth-order valence-electron chi connectivity index (χ4n) is 2.82. The summed E-state index contributed by atoms with van der Waals surface area (Å²) in [6.07, 6.45) is 2.29. The molecular weight excluding hydrogens is 312 g/mol. The number of hydrogen-bond donors (Lipinski definition) is 0. The summed E-state index contributed by atoms with van der Waals surface area (Å²) in [5.41, 5.74) is 0.718. The third-order valence-corrected chi connectivity index (χ3v) is 4.27. The van der Waals surface area contributed by atoms with E-state index in [0.717, 1.165) is 6.41 Å². The molecule has 2 saturated heterocycles. The minimum atomic E-state index is -0.182. The van der Waals surface area contributed by atoms with Gasteiger partial charge in [-0.25, -0.2) is 0 Å². The summed E-state index contributed by atoms with van der Waals surface area (Å²) >= 11 is 0. The molecule has 0 radical (unpaired) electrons. The number of amides is 3. The Bertz CT molecular complexity index is 622. The number of rotatable bonds is 3. The van der Waals surface area contributed by atoms with E-state index < -0.39 is 0 Å². The molecule has 0 saturated carbocycles. The molecule has 8 heteroatoms. The van der Waals surface area contributed by atoms with Crippen LogP contribution in [0.2, 0.25) is 0 Å². The molecule has 3 rings (SSSR count). The summed E-state index contributed by atoms with van der Waals surface area (Å²) in [6, 6.07) is 3.16. The van der Waals surface area contributed by atoms with E-state index in [2.05, 4.69) is 4.98 Å². The van der Waals surface area contributed by atoms with Crippen LogP contribution in [-0.4, -0.2) is 90.4 Å². The number of pyridine rings is 1. The van der Waals surface area contributed by atoms with Crippen LogP contribution < -0.4 is 0 Å². The molecule has 2 fully saturated rings. The maximum absolute atomic E-state index is 12.6. The predicted molar refractivity (Wildman–Crippen MR) is 84.5 cm³/mol. The van der Waals surface area contributed by atoms with Crippen LogP contribution in [0.5, 0.6) is 0 Å². The number of aromatic nitrogens is 1. The number of hydrogen-bond acceptors (Lipinski definition) is 5. The maximum atomic E-state index is 12.6. The number of carbonyl (C=O) groups excluding carboxylic acids is 3. The average Bonchev–Trinajstić information content (AvgIpc) is 2.67. The second-order valence-electron chi connectivity index (χ2n) is 5.77. The lowest BCUT2D eigenvalue weighted by molar-refractivity contribution is -0.119. The number of nitrogens with zero attached hydrogens (tertiary/aromatic N) is 4. The topological polar surface area (TPSA) is 83.1 Å². The SMILES string of the molecule is O=CN1CCN(C(=O)c2ccnc(C(=O)N3CCOCC3)c2)CC1. The molecule has 128 valence electrons. The first kappa shape index (κ1) is 16.4. The van der Waals surface area contributed by atoms with E-state index in [4.69, 9.17) is 4.74 Å². The normalized spacial score (nSPS) is 18.4. The van der Waals surface area contributed by atoms with E-state index >= 15 is 0 Å². The van der Waals surface area contributed by atoms with Crippen molar-refractivity contribution >= 4 is 18.2 Å². The van der Waals surface area contributed by atoms with E-state index in [1.165, 1.54) is 6.20 Å². The zero-order chi connectivity index (χ0) is 16.9. The molecule has 0 spiro atoms. The summed E-state index contributed by atoms with van der Waals surface area (Å²) in [5.74, 6) is -0.322. The standard InChI is InChI=1S/C16H20N4O4/c21-12-18-3-5-19(6-4-18)15(22)13-1-2-17-14(11-13)16(23)20-7-9-24-10-8-20/h1-2,11-12H,3-10H2. The maximum Gasteiger partial charge on any atom is 0.272 e. The largest absolute Gasteiger partial charge is 0.378 e. The van der Waals surface area contributed by atoms with Crippen LogP contribution in [0, 0.1) is 0 Å². The second-order valence-corrected chi connectivity index (χ2v) is 5.77. The van der Waals surface area contributed by atoms with Crippen molar-refractivity contribution in [1.82, 2.24) is 19.7 Å². The fraction of sp³-hybridized carbons (Fsp3) is 0.500. The van der Waals surface area contributed by atoms with Crippen LogP contribution in [0.4, 0.5) is 0 Å². The Kier molecular flexibility index (Phi) is 5.05. The summed E-state index contributed by atoms with van der Waals surface area (Å²) < 4.78 is 5.24. The summed E-state index contributed by atoms with van der Waals surface area (Å²) in [5, 5.41) is 0. The highest BCUT2D eigenvalue weighted by Crippen LogP contribution is 2.11. The molecule has 24 heavy (non-hydrogen) atoms. The van der Waals surface area contributed by atoms with Crippen molar-refractivity contribution in [2.24, 2.45) is 0 Å². The van der Waals surface area contributed by atoms with Crippen LogP contribution in [0.15, 0.2) is 18.3 Å². The van der Waals surface area contributed by atoms with Crippen molar-refractivity contribution in [2.75, 3.05) is 52.5 Å². The third kappa shape index (κ3) is 3.53. The van der Waals surface area contributed by atoms with Gasteiger partial charge in [0.25, 0.3) is 11.8 Å². The van der Waals surface area contributed by atoms with E-state index in [9.17, 15) is 14.4 Å². The monoisotopic (exact) mass is 332 g/mol. The molecular formula is C16H20N4O4. The van der Waals surface area contributed by atoms with Gasteiger partial charge in [-0.3, -0.25) is 19.4 Å². The van der Waals surface area contributed by atoms with Crippen LogP contribution in [0.3, 0.4) is 0 Å². The zero-order valence-electron chi connectivity index (χ0n) is 13.4. The highest BCUT2D eigenvalue weighted by molar-refractivity contribution is 5.98. The molecule has 1 aromatic heterocycles. The van der Waals surface area contributed by atoms with Crippen LogP contribution in [0.1, 0.15) is 20.8 Å². The lowest BCUT2D eigenvalue weighted by Crippen LogP contribution is -2.48. The van der Waals surface area contributed by atoms with Gasteiger partial charge in [0.1, 0.15) is 5.69 Å². The van der Waals surface area contributed by atoms with Gasteiger partial charge >= 0.3 is 0 Å². The minimum Gasteiger partial charge on any atom is -0.378 e. The number of ether oxygens (including phenoxy) is 1. The molecule has 1 aromatic rings. The molecule has 0 aromatic carbocycles. The molecule has 0 atom stereocenters. The Hall–Kier alpha value is -2.48. The van der Waals surface area contributed by atoms with Crippen molar-refractivity contribution in [1.29, 1.82) is 0 Å². The Morgan fingerprint density at radius 1 is 1.00 bits per heavy atom. The molecule has 0 aliphatic carbocycles. The molecule has 0 N–H and O–H groups in total. The smallest absolute Gasteiger partial charge is 0.272 e. The molecule has 0 unspecified atom stereocenters. The van der Waals surface area contributed by atoms with E-state index in [1.54, 1.807) is 26.8 Å². The molecule has 3 heterocycles. The summed E-state index contributed by atoms with van der Waals surface area (Å²) in [4.78, 5) is 44.9. The van der Waals surface area contributed by atoms with Gasteiger partial charge in [-0.1, -0.05) is 0 Å². The fourth-order valence-corrected chi connectivity index (χ4v) is 2.82. The van der Waals surface area contributed by atoms with E-state index in [1.807, 2.05) is 0 Å². The highest BCUT2D eigenvalue weighted by atomic mass is 16.5. The first-order valence-corrected chi connectivity index (χ1v) is 8.01. The third-order valence-electron chi connectivity index (χ3n) is 4.27. The van der Waals surface area contributed by atoms with Gasteiger partial charge in [-0.05, 0) is 12.1 Å². The second kappa shape index (κ2) is 7.39. The number of carbonyl (C=O) groups is 3. The van der Waals surface area contributed by atoms with Gasteiger partial charge in [0, 0.05) is 51.0 Å². The van der Waals surface area contributed by atoms with Gasteiger partial charge in [0.15, 0.2) is 0 Å². The highest BCUT2D eigenvalue weighted by Gasteiger charge is 2.24. The van der Waals surface area contributed by atoms with Crippen LogP contribution >= 0.6 is 0 Å². The van der Waals surface area contributed by atoms with Crippen molar-refractivity contribution in [3.63, 3.8) is 0 Å². The van der Waals surface area contributed by atoms with Gasteiger partial charge in [0.05, 0.1) is 13.2 Å². The minimum absolute atomic E-state index is 0.140. The predicted octanol–water partition coefficient (Wildman–Crippen LogP) is -0.532. The first-order chi connectivity index (χ1) is 11.7. The van der Waals surface area contributed by atoms with E-state index in [0.29, 0.717) is 58.0 Å². The number of morpholine rings is 1. The van der Waals surface area contributed by atoms with Crippen molar-refractivity contribution in [3.05, 3.63) is 29.6 Å². The molecule has 2 aliphatic heterocycles. The lowest BCUT2D eigenvalue weighted by atomic mass is 10.1. The van der Waals surface area contributed by atoms with Crippen molar-refractivity contribution < 1.29 is 19.1 Å². The van der Waals surface area contributed by atoms with Crippen LogP contribution in [-0.2, 0) is 9.53 Å². The summed E-state index contributed by atoms with van der Waals surface area (Å²) in [6.45, 7) is 4.15. The average molecular weight is 332 g/mol. The van der Waals surface area contributed by atoms with Gasteiger partial charge in [-0.15, -0.1) is 0 Å². The van der Waals surface area contributed by atoms with Crippen molar-refractivity contribution in [2.45, 2.75) is 0 Å². The first-order valence-electron chi connectivity index (χ1n) is 8.01. The Morgan fingerprint density at radius 2 is 1.67 bits per heavy atom. The zero-order valence-corrected chi connectivity index (χ0v) is 13.4. The van der Waals surface area contributed by atoms with Crippen LogP contribution in [0.25, 0.3) is 0 Å². The Balaban J connectivity index is 1.69. The number of piperazine rings is 1. The van der Waals surface area contributed by atoms with Gasteiger partial charge in [-0.2, -0.15) is 0 Å². The molecule has 0 bridgehead atoms.